The van der Waals surface area contributed by atoms with Gasteiger partial charge in [-0.1, -0.05) is 72.3 Å². The number of allylic oxidation sites excluding steroid dienone is 2. The number of hydrogen-bond donors (Lipinski definition) is 1. The molecule has 0 saturated heterocycles. The van der Waals surface area contributed by atoms with Crippen molar-refractivity contribution in [3.8, 4) is 5.75 Å². The molecule has 0 aromatic heterocycles. The predicted molar refractivity (Wildman–Crippen MR) is 156 cm³/mol. The molecule has 0 bridgehead atoms. The van der Waals surface area contributed by atoms with Crippen LogP contribution in [0.25, 0.3) is 0 Å². The van der Waals surface area contributed by atoms with Crippen LogP contribution in [-0.4, -0.2) is 6.21 Å². The summed E-state index contributed by atoms with van der Waals surface area (Å²) in [6, 6.07) is 32.0. The summed E-state index contributed by atoms with van der Waals surface area (Å²) in [4.78, 5) is 4.72. The Hall–Kier alpha value is -3.63. The van der Waals surface area contributed by atoms with Gasteiger partial charge in [0.15, 0.2) is 0 Å². The molecule has 1 aliphatic heterocycles. The van der Waals surface area contributed by atoms with E-state index in [1.807, 2.05) is 42.6 Å². The quantitative estimate of drug-likeness (QED) is 0.192. The van der Waals surface area contributed by atoms with Crippen molar-refractivity contribution in [1.82, 2.24) is 0 Å². The molecule has 0 saturated carbocycles. The van der Waals surface area contributed by atoms with Crippen LogP contribution in [-0.2, 0) is 6.61 Å². The van der Waals surface area contributed by atoms with Crippen LogP contribution in [0.5, 0.6) is 5.75 Å². The second-order valence-corrected chi connectivity index (χ2v) is 10.7. The Labute approximate surface area is 227 Å². The van der Waals surface area contributed by atoms with E-state index in [4.69, 9.17) is 9.73 Å². The van der Waals surface area contributed by atoms with Crippen molar-refractivity contribution in [2.24, 2.45) is 10.9 Å². The molecule has 3 atom stereocenters. The van der Waals surface area contributed by atoms with Crippen LogP contribution in [0.15, 0.2) is 113 Å². The van der Waals surface area contributed by atoms with Crippen molar-refractivity contribution in [1.29, 1.82) is 0 Å². The van der Waals surface area contributed by atoms with Crippen molar-refractivity contribution >= 4 is 33.5 Å². The lowest BCUT2D eigenvalue weighted by Gasteiger charge is -2.37. The summed E-state index contributed by atoms with van der Waals surface area (Å²) >= 11 is 3.64. The van der Waals surface area contributed by atoms with E-state index in [2.05, 4.69) is 94.9 Å². The number of nitrogens with zero attached hydrogens (tertiary/aromatic N) is 1. The topological polar surface area (TPSA) is 33.6 Å². The van der Waals surface area contributed by atoms with Gasteiger partial charge in [-0.3, -0.25) is 4.99 Å². The number of ether oxygens (including phenoxy) is 1. The first-order valence-corrected chi connectivity index (χ1v) is 13.6. The van der Waals surface area contributed by atoms with Gasteiger partial charge >= 0.3 is 0 Å². The normalized spacial score (nSPS) is 19.9. The van der Waals surface area contributed by atoms with Gasteiger partial charge in [-0.05, 0) is 93.8 Å². The minimum Gasteiger partial charge on any atom is -0.488 e. The Balaban J connectivity index is 1.14. The predicted octanol–water partition coefficient (Wildman–Crippen LogP) is 8.91. The van der Waals surface area contributed by atoms with Gasteiger partial charge in [-0.2, -0.15) is 0 Å². The number of anilines is 1. The molecular weight excluding hydrogens is 520 g/mol. The Morgan fingerprint density at radius 3 is 2.62 bits per heavy atom. The average molecular weight is 550 g/mol. The van der Waals surface area contributed by atoms with E-state index >= 15 is 0 Å². The van der Waals surface area contributed by atoms with E-state index in [1.165, 1.54) is 22.4 Å². The lowest BCUT2D eigenvalue weighted by atomic mass is 9.76. The number of aliphatic imine (C=N–C) groups is 1. The largest absolute Gasteiger partial charge is 0.488 e. The number of nitrogens with one attached hydrogen (secondary N) is 1. The molecule has 37 heavy (non-hydrogen) atoms. The smallest absolute Gasteiger partial charge is 0.134 e. The lowest BCUT2D eigenvalue weighted by molar-refractivity contribution is 0.304. The van der Waals surface area contributed by atoms with Crippen LogP contribution >= 0.6 is 15.9 Å². The van der Waals surface area contributed by atoms with Gasteiger partial charge in [0.05, 0.1) is 16.2 Å². The van der Waals surface area contributed by atoms with Gasteiger partial charge in [0, 0.05) is 17.8 Å². The van der Waals surface area contributed by atoms with E-state index in [0.717, 1.165) is 33.5 Å². The summed E-state index contributed by atoms with van der Waals surface area (Å²) in [5, 5.41) is 3.83. The van der Waals surface area contributed by atoms with E-state index in [1.54, 1.807) is 0 Å². The fraction of sp³-hybridized carbons (Fsp3) is 0.182. The zero-order chi connectivity index (χ0) is 25.2. The summed E-state index contributed by atoms with van der Waals surface area (Å²) in [7, 11) is 0. The average Bonchev–Trinajstić information content (AvgIpc) is 3.43. The molecule has 0 spiro atoms. The number of fused-ring (bicyclic) bond motifs is 3. The number of hydrogen-bond acceptors (Lipinski definition) is 3. The molecule has 1 N–H and O–H groups in total. The highest BCUT2D eigenvalue weighted by Gasteiger charge is 2.37. The van der Waals surface area contributed by atoms with Crippen molar-refractivity contribution in [2.75, 3.05) is 5.32 Å². The summed E-state index contributed by atoms with van der Waals surface area (Å²) in [5.74, 6) is 1.85. The second-order valence-electron chi connectivity index (χ2n) is 9.88. The monoisotopic (exact) mass is 548 g/mol. The SMILES string of the molecule is Cc1ccc2c(c1)[C@@H]1C=CC[C@@H]1[C@H](c1ccc(N=Cc3ccc(OCc4ccccc4)c(Br)c3)cc1)N2. The van der Waals surface area contributed by atoms with Crippen LogP contribution in [0, 0.1) is 12.8 Å². The first kappa shape index (κ1) is 23.7. The molecule has 4 heteroatoms. The molecule has 6 rings (SSSR count). The second kappa shape index (κ2) is 10.4. The number of aryl methyl sites for hydroxylation is 1. The van der Waals surface area contributed by atoms with Crippen LogP contribution in [0.4, 0.5) is 11.4 Å². The van der Waals surface area contributed by atoms with Crippen molar-refractivity contribution in [2.45, 2.75) is 31.9 Å². The van der Waals surface area contributed by atoms with E-state index < -0.39 is 0 Å². The summed E-state index contributed by atoms with van der Waals surface area (Å²) in [5.41, 5.74) is 8.42. The third-order valence-electron chi connectivity index (χ3n) is 7.33. The maximum atomic E-state index is 5.97. The zero-order valence-electron chi connectivity index (χ0n) is 20.8. The maximum Gasteiger partial charge on any atom is 0.134 e. The van der Waals surface area contributed by atoms with Crippen molar-refractivity contribution in [3.63, 3.8) is 0 Å². The van der Waals surface area contributed by atoms with Gasteiger partial charge in [0.2, 0.25) is 0 Å². The van der Waals surface area contributed by atoms with Crippen molar-refractivity contribution < 1.29 is 4.74 Å². The van der Waals surface area contributed by atoms with Crippen LogP contribution < -0.4 is 10.1 Å². The Kier molecular flexibility index (Phi) is 6.67. The van der Waals surface area contributed by atoms with Gasteiger partial charge in [-0.25, -0.2) is 0 Å². The van der Waals surface area contributed by atoms with Crippen LogP contribution in [0.1, 0.15) is 46.2 Å². The molecule has 0 amide bonds. The molecule has 4 aromatic rings. The highest BCUT2D eigenvalue weighted by atomic mass is 79.9. The third-order valence-corrected chi connectivity index (χ3v) is 7.95. The zero-order valence-corrected chi connectivity index (χ0v) is 22.4. The molecule has 2 aliphatic rings. The highest BCUT2D eigenvalue weighted by molar-refractivity contribution is 9.10. The maximum absolute atomic E-state index is 5.97. The molecule has 0 fully saturated rings. The fourth-order valence-electron chi connectivity index (χ4n) is 5.41. The van der Waals surface area contributed by atoms with E-state index in [-0.39, 0.29) is 0 Å². The Morgan fingerprint density at radius 2 is 1.81 bits per heavy atom. The van der Waals surface area contributed by atoms with E-state index in [9.17, 15) is 0 Å². The summed E-state index contributed by atoms with van der Waals surface area (Å²) in [6.07, 6.45) is 7.74. The summed E-state index contributed by atoms with van der Waals surface area (Å²) < 4.78 is 6.89. The minimum atomic E-state index is 0.299. The van der Waals surface area contributed by atoms with Gasteiger partial charge in [0.1, 0.15) is 12.4 Å². The third kappa shape index (κ3) is 5.12. The summed E-state index contributed by atoms with van der Waals surface area (Å²) in [6.45, 7) is 2.71. The fourth-order valence-corrected chi connectivity index (χ4v) is 5.92. The van der Waals surface area contributed by atoms with Gasteiger partial charge in [0.25, 0.3) is 0 Å². The molecular formula is C33H29BrN2O. The van der Waals surface area contributed by atoms with Crippen molar-refractivity contribution in [3.05, 3.63) is 135 Å². The molecule has 184 valence electrons. The molecule has 1 aliphatic carbocycles. The number of halogens is 1. The van der Waals surface area contributed by atoms with E-state index in [0.29, 0.717) is 24.5 Å². The Morgan fingerprint density at radius 1 is 0.973 bits per heavy atom. The van der Waals surface area contributed by atoms with Crippen LogP contribution in [0.3, 0.4) is 0 Å². The molecule has 0 radical (unpaired) electrons. The minimum absolute atomic E-state index is 0.299. The van der Waals surface area contributed by atoms with Gasteiger partial charge in [-0.15, -0.1) is 0 Å². The standard InChI is InChI=1S/C33H29BrN2O/c1-22-10-16-31-29(18-22)27-8-5-9-28(27)33(36-31)25-12-14-26(15-13-25)35-20-24-11-17-32(30(34)19-24)37-21-23-6-3-2-4-7-23/h2-8,10-20,27-28,33,36H,9,21H2,1H3/t27-,28+,33+/m1/s1. The molecule has 4 aromatic carbocycles. The van der Waals surface area contributed by atoms with Gasteiger partial charge < -0.3 is 10.1 Å². The molecule has 0 unspecified atom stereocenters. The first-order chi connectivity index (χ1) is 18.1. The highest BCUT2D eigenvalue weighted by Crippen LogP contribution is 2.50. The lowest BCUT2D eigenvalue weighted by Crippen LogP contribution is -2.29. The van der Waals surface area contributed by atoms with Crippen LogP contribution in [0.2, 0.25) is 0 Å². The first-order valence-electron chi connectivity index (χ1n) is 12.8. The molecule has 1 heterocycles. The number of benzene rings is 4. The molecule has 3 nitrogen and oxygen atoms in total. The number of rotatable bonds is 6. The Bertz CT molecular complexity index is 1460.